The third-order valence-electron chi connectivity index (χ3n) is 4.48. The number of benzene rings is 2. The molecule has 0 radical (unpaired) electrons. The van der Waals surface area contributed by atoms with Gasteiger partial charge in [0.15, 0.2) is 0 Å². The zero-order chi connectivity index (χ0) is 20.8. The predicted octanol–water partition coefficient (Wildman–Crippen LogP) is 4.64. The fourth-order valence-electron chi connectivity index (χ4n) is 2.83. The molecule has 5 nitrogen and oxygen atoms in total. The number of aliphatic carboxylic acids is 1. The van der Waals surface area contributed by atoms with E-state index in [1.54, 1.807) is 6.08 Å². The van der Waals surface area contributed by atoms with Gasteiger partial charge >= 0.3 is 5.97 Å². The number of hydrogen-bond acceptors (Lipinski definition) is 5. The maximum Gasteiger partial charge on any atom is 0.303 e. The molecule has 29 heavy (non-hydrogen) atoms. The Labute approximate surface area is 179 Å². The zero-order valence-electron chi connectivity index (χ0n) is 16.0. The highest BCUT2D eigenvalue weighted by Crippen LogP contribution is 2.33. The first-order chi connectivity index (χ1) is 13.9. The predicted molar refractivity (Wildman–Crippen MR) is 119 cm³/mol. The van der Waals surface area contributed by atoms with Gasteiger partial charge in [-0.15, -0.1) is 0 Å². The van der Waals surface area contributed by atoms with E-state index in [-0.39, 0.29) is 12.3 Å². The molecular formula is C22H21NO4S2. The molecule has 3 rings (SSSR count). The number of hydrogen-bond donors (Lipinski definition) is 1. The Morgan fingerprint density at radius 2 is 1.93 bits per heavy atom. The van der Waals surface area contributed by atoms with E-state index in [9.17, 15) is 9.59 Å². The summed E-state index contributed by atoms with van der Waals surface area (Å²) in [6, 6.07) is 15.6. The van der Waals surface area contributed by atoms with Crippen molar-refractivity contribution in [3.63, 3.8) is 0 Å². The van der Waals surface area contributed by atoms with Crippen molar-refractivity contribution in [1.29, 1.82) is 0 Å². The van der Waals surface area contributed by atoms with E-state index in [1.165, 1.54) is 22.2 Å². The lowest BCUT2D eigenvalue weighted by Gasteiger charge is -2.13. The minimum atomic E-state index is -0.879. The molecular weight excluding hydrogens is 406 g/mol. The van der Waals surface area contributed by atoms with Crippen molar-refractivity contribution in [1.82, 2.24) is 4.90 Å². The van der Waals surface area contributed by atoms with Crippen LogP contribution in [0.3, 0.4) is 0 Å². The molecule has 150 valence electrons. The smallest absolute Gasteiger partial charge is 0.303 e. The molecule has 1 aliphatic heterocycles. The maximum absolute atomic E-state index is 12.5. The first kappa shape index (κ1) is 21.1. The normalized spacial score (nSPS) is 15.2. The number of amides is 1. The molecule has 0 atom stereocenters. The summed E-state index contributed by atoms with van der Waals surface area (Å²) in [7, 11) is 0. The van der Waals surface area contributed by atoms with Crippen LogP contribution in [0.1, 0.15) is 29.5 Å². The molecule has 0 unspecified atom stereocenters. The minimum absolute atomic E-state index is 0.0140. The van der Waals surface area contributed by atoms with Gasteiger partial charge in [0.25, 0.3) is 5.91 Å². The number of thioether (sulfide) groups is 1. The molecule has 0 spiro atoms. The highest BCUT2D eigenvalue weighted by atomic mass is 32.2. The van der Waals surface area contributed by atoms with Crippen LogP contribution in [-0.4, -0.2) is 32.7 Å². The second kappa shape index (κ2) is 9.71. The summed E-state index contributed by atoms with van der Waals surface area (Å²) in [6.07, 6.45) is 2.18. The summed E-state index contributed by atoms with van der Waals surface area (Å²) < 4.78 is 6.31. The van der Waals surface area contributed by atoms with Gasteiger partial charge in [0.1, 0.15) is 16.7 Å². The van der Waals surface area contributed by atoms with Crippen molar-refractivity contribution in [3.05, 3.63) is 70.1 Å². The molecule has 1 heterocycles. The van der Waals surface area contributed by atoms with Gasteiger partial charge in [-0.1, -0.05) is 60.4 Å². The Bertz CT molecular complexity index is 954. The topological polar surface area (TPSA) is 66.8 Å². The van der Waals surface area contributed by atoms with Crippen LogP contribution in [-0.2, 0) is 16.2 Å². The van der Waals surface area contributed by atoms with Crippen LogP contribution >= 0.6 is 24.0 Å². The van der Waals surface area contributed by atoms with Crippen molar-refractivity contribution in [2.24, 2.45) is 0 Å². The minimum Gasteiger partial charge on any atom is -0.489 e. The molecule has 0 aliphatic carbocycles. The average Bonchev–Trinajstić information content (AvgIpc) is 2.95. The third kappa shape index (κ3) is 5.68. The summed E-state index contributed by atoms with van der Waals surface area (Å²) in [5.74, 6) is -0.299. The molecule has 0 aromatic heterocycles. The van der Waals surface area contributed by atoms with E-state index < -0.39 is 5.97 Å². The monoisotopic (exact) mass is 427 g/mol. The molecule has 1 N–H and O–H groups in total. The fourth-order valence-corrected chi connectivity index (χ4v) is 4.13. The highest BCUT2D eigenvalue weighted by Gasteiger charge is 2.31. The number of nitrogens with zero attached hydrogens (tertiary/aromatic N) is 1. The van der Waals surface area contributed by atoms with Gasteiger partial charge in [0.05, 0.1) is 4.91 Å². The molecule has 2 aromatic carbocycles. The first-order valence-electron chi connectivity index (χ1n) is 9.18. The quantitative estimate of drug-likeness (QED) is 0.489. The van der Waals surface area contributed by atoms with Gasteiger partial charge in [0.2, 0.25) is 0 Å². The lowest BCUT2D eigenvalue weighted by atomic mass is 10.1. The second-order valence-corrected chi connectivity index (χ2v) is 8.29. The summed E-state index contributed by atoms with van der Waals surface area (Å²) >= 11 is 6.50. The van der Waals surface area contributed by atoms with Gasteiger partial charge in [-0.25, -0.2) is 0 Å². The number of aryl methyl sites for hydroxylation is 1. The van der Waals surface area contributed by atoms with Crippen molar-refractivity contribution < 1.29 is 19.4 Å². The van der Waals surface area contributed by atoms with E-state index in [0.29, 0.717) is 28.8 Å². The molecule has 7 heteroatoms. The standard InChI is InChI=1S/C22H21NO4S2/c1-15-5-2-3-6-17(15)14-27-18-10-8-16(9-11-18)13-19-21(26)23(22(28)29-19)12-4-7-20(24)25/h2-3,5-6,8-11,13H,4,7,12,14H2,1H3,(H,24,25)/b19-13-. The van der Waals surface area contributed by atoms with Crippen LogP contribution in [0.2, 0.25) is 0 Å². The van der Waals surface area contributed by atoms with Crippen LogP contribution in [0.5, 0.6) is 5.75 Å². The number of carboxylic acid groups (broad SMARTS) is 1. The summed E-state index contributed by atoms with van der Waals surface area (Å²) in [4.78, 5) is 25.2. The molecule has 0 bridgehead atoms. The first-order valence-corrected chi connectivity index (χ1v) is 10.4. The lowest BCUT2D eigenvalue weighted by molar-refractivity contribution is -0.137. The Morgan fingerprint density at radius 1 is 1.21 bits per heavy atom. The van der Waals surface area contributed by atoms with E-state index in [0.717, 1.165) is 16.9 Å². The second-order valence-electron chi connectivity index (χ2n) is 6.61. The number of ether oxygens (including phenoxy) is 1. The molecule has 1 saturated heterocycles. The van der Waals surface area contributed by atoms with Crippen LogP contribution in [0.25, 0.3) is 6.08 Å². The zero-order valence-corrected chi connectivity index (χ0v) is 17.6. The van der Waals surface area contributed by atoms with Crippen LogP contribution in [0.15, 0.2) is 53.4 Å². The Morgan fingerprint density at radius 3 is 2.62 bits per heavy atom. The number of carboxylic acids is 1. The number of carbonyl (C=O) groups is 2. The van der Waals surface area contributed by atoms with Crippen LogP contribution in [0, 0.1) is 6.92 Å². The van der Waals surface area contributed by atoms with Gasteiger partial charge in [-0.05, 0) is 48.2 Å². The van der Waals surface area contributed by atoms with Gasteiger partial charge < -0.3 is 9.84 Å². The molecule has 0 saturated carbocycles. The van der Waals surface area contributed by atoms with Crippen molar-refractivity contribution in [2.75, 3.05) is 6.54 Å². The fraction of sp³-hybridized carbons (Fsp3) is 0.227. The van der Waals surface area contributed by atoms with Crippen LogP contribution < -0.4 is 4.74 Å². The Kier molecular flexibility index (Phi) is 7.06. The molecule has 2 aromatic rings. The summed E-state index contributed by atoms with van der Waals surface area (Å²) in [5, 5.41) is 8.74. The largest absolute Gasteiger partial charge is 0.489 e. The molecule has 1 aliphatic rings. The number of carbonyl (C=O) groups excluding carboxylic acids is 1. The Balaban J connectivity index is 1.60. The number of rotatable bonds is 8. The Hall–Kier alpha value is -2.64. The lowest BCUT2D eigenvalue weighted by Crippen LogP contribution is -2.29. The van der Waals surface area contributed by atoms with E-state index in [2.05, 4.69) is 13.0 Å². The van der Waals surface area contributed by atoms with Gasteiger partial charge in [0, 0.05) is 13.0 Å². The molecule has 1 amide bonds. The van der Waals surface area contributed by atoms with E-state index in [4.69, 9.17) is 22.1 Å². The average molecular weight is 428 g/mol. The van der Waals surface area contributed by atoms with Gasteiger partial charge in [-0.2, -0.15) is 0 Å². The summed E-state index contributed by atoms with van der Waals surface area (Å²) in [5.41, 5.74) is 3.21. The molecule has 1 fully saturated rings. The third-order valence-corrected chi connectivity index (χ3v) is 5.86. The highest BCUT2D eigenvalue weighted by molar-refractivity contribution is 8.26. The van der Waals surface area contributed by atoms with E-state index in [1.807, 2.05) is 42.5 Å². The van der Waals surface area contributed by atoms with Gasteiger partial charge in [-0.3, -0.25) is 14.5 Å². The maximum atomic E-state index is 12.5. The van der Waals surface area contributed by atoms with E-state index >= 15 is 0 Å². The van der Waals surface area contributed by atoms with Crippen molar-refractivity contribution in [3.8, 4) is 5.75 Å². The van der Waals surface area contributed by atoms with Crippen LogP contribution in [0.4, 0.5) is 0 Å². The van der Waals surface area contributed by atoms with Crippen molar-refractivity contribution in [2.45, 2.75) is 26.4 Å². The number of thiocarbonyl (C=S) groups is 1. The SMILES string of the molecule is Cc1ccccc1COc1ccc(/C=C2\SC(=S)N(CCCC(=O)O)C2=O)cc1. The van der Waals surface area contributed by atoms with Crippen molar-refractivity contribution >= 4 is 46.3 Å². The summed E-state index contributed by atoms with van der Waals surface area (Å²) in [6.45, 7) is 2.88.